The van der Waals surface area contributed by atoms with Gasteiger partial charge in [0, 0.05) is 29.6 Å². The van der Waals surface area contributed by atoms with Gasteiger partial charge in [-0.15, -0.1) is 0 Å². The van der Waals surface area contributed by atoms with Gasteiger partial charge >= 0.3 is 0 Å². The summed E-state index contributed by atoms with van der Waals surface area (Å²) in [5.41, 5.74) is 8.18. The van der Waals surface area contributed by atoms with Gasteiger partial charge in [-0.1, -0.05) is 18.5 Å². The molecular weight excluding hydrogens is 264 g/mol. The first-order valence-electron chi connectivity index (χ1n) is 6.34. The van der Waals surface area contributed by atoms with Crippen molar-refractivity contribution in [3.63, 3.8) is 0 Å². The largest absolute Gasteiger partial charge is 0.371 e. The fourth-order valence-corrected chi connectivity index (χ4v) is 3.19. The van der Waals surface area contributed by atoms with Crippen LogP contribution in [0.15, 0.2) is 18.2 Å². The Hall–Kier alpha value is -0.380. The summed E-state index contributed by atoms with van der Waals surface area (Å²) in [5.74, 6) is 1.14. The zero-order chi connectivity index (χ0) is 13.5. The van der Waals surface area contributed by atoms with Crippen LogP contribution in [-0.4, -0.2) is 31.6 Å². The number of hydrogen-bond acceptors (Lipinski definition) is 3. The molecule has 2 N–H and O–H groups in total. The molecule has 1 unspecified atom stereocenters. The van der Waals surface area contributed by atoms with Crippen molar-refractivity contribution < 1.29 is 0 Å². The summed E-state index contributed by atoms with van der Waals surface area (Å²) >= 11 is 7.96. The van der Waals surface area contributed by atoms with Gasteiger partial charge in [0.25, 0.3) is 0 Å². The lowest BCUT2D eigenvalue weighted by atomic mass is 10.1. The van der Waals surface area contributed by atoms with E-state index in [-0.39, 0.29) is 0 Å². The summed E-state index contributed by atoms with van der Waals surface area (Å²) < 4.78 is 0. The van der Waals surface area contributed by atoms with E-state index in [0.717, 1.165) is 23.6 Å². The maximum Gasteiger partial charge on any atom is 0.0410 e. The first-order valence-corrected chi connectivity index (χ1v) is 8.11. The third kappa shape index (κ3) is 4.08. The van der Waals surface area contributed by atoms with Crippen molar-refractivity contribution in [3.8, 4) is 0 Å². The van der Waals surface area contributed by atoms with Crippen LogP contribution < -0.4 is 10.6 Å². The highest BCUT2D eigenvalue weighted by atomic mass is 35.5. The first-order chi connectivity index (χ1) is 8.63. The van der Waals surface area contributed by atoms with Crippen molar-refractivity contribution in [1.82, 2.24) is 0 Å². The molecule has 0 aliphatic carbocycles. The van der Waals surface area contributed by atoms with Gasteiger partial charge < -0.3 is 10.6 Å². The molecule has 0 amide bonds. The maximum absolute atomic E-state index is 6.07. The first kappa shape index (κ1) is 15.7. The molecule has 4 heteroatoms. The number of benzene rings is 1. The van der Waals surface area contributed by atoms with Crippen LogP contribution in [-0.2, 0) is 6.42 Å². The summed E-state index contributed by atoms with van der Waals surface area (Å²) in [5, 5.41) is 0.786. The number of nitrogens with two attached hydrogens (primary N) is 1. The van der Waals surface area contributed by atoms with E-state index in [1.54, 1.807) is 0 Å². The minimum Gasteiger partial charge on any atom is -0.371 e. The lowest BCUT2D eigenvalue weighted by molar-refractivity contribution is 0.670. The highest BCUT2D eigenvalue weighted by Gasteiger charge is 2.15. The second kappa shape index (κ2) is 7.93. The van der Waals surface area contributed by atoms with E-state index < -0.39 is 0 Å². The van der Waals surface area contributed by atoms with Crippen LogP contribution in [0.1, 0.15) is 18.9 Å². The molecule has 1 aromatic rings. The van der Waals surface area contributed by atoms with Gasteiger partial charge in [-0.05, 0) is 49.4 Å². The molecule has 0 heterocycles. The van der Waals surface area contributed by atoms with E-state index in [1.165, 1.54) is 11.3 Å². The average molecular weight is 287 g/mol. The van der Waals surface area contributed by atoms with E-state index in [2.05, 4.69) is 31.2 Å². The maximum atomic E-state index is 6.07. The molecule has 0 fully saturated rings. The molecule has 0 saturated heterocycles. The SMILES string of the molecule is CCC(CSC)N(C)c1ccc(Cl)cc1CCN. The molecule has 0 radical (unpaired) electrons. The van der Waals surface area contributed by atoms with Crippen molar-refractivity contribution in [2.24, 2.45) is 5.73 Å². The summed E-state index contributed by atoms with van der Waals surface area (Å²) in [6.07, 6.45) is 4.16. The third-order valence-electron chi connectivity index (χ3n) is 3.21. The van der Waals surface area contributed by atoms with Gasteiger partial charge in [-0.2, -0.15) is 11.8 Å². The van der Waals surface area contributed by atoms with Gasteiger partial charge in [0.15, 0.2) is 0 Å². The number of halogens is 1. The van der Waals surface area contributed by atoms with E-state index in [9.17, 15) is 0 Å². The van der Waals surface area contributed by atoms with Crippen molar-refractivity contribution in [1.29, 1.82) is 0 Å². The van der Waals surface area contributed by atoms with Crippen molar-refractivity contribution in [2.45, 2.75) is 25.8 Å². The molecule has 1 atom stereocenters. The Kier molecular flexibility index (Phi) is 6.90. The van der Waals surface area contributed by atoms with Crippen LogP contribution in [0.4, 0.5) is 5.69 Å². The van der Waals surface area contributed by atoms with Crippen molar-refractivity contribution in [3.05, 3.63) is 28.8 Å². The zero-order valence-corrected chi connectivity index (χ0v) is 13.0. The molecular formula is C14H23ClN2S. The molecule has 0 aliphatic heterocycles. The molecule has 18 heavy (non-hydrogen) atoms. The van der Waals surface area contributed by atoms with E-state index in [0.29, 0.717) is 12.6 Å². The van der Waals surface area contributed by atoms with Gasteiger partial charge in [0.2, 0.25) is 0 Å². The Balaban J connectivity index is 2.98. The second-order valence-corrected chi connectivity index (χ2v) is 5.79. The Morgan fingerprint density at radius 2 is 2.17 bits per heavy atom. The highest BCUT2D eigenvalue weighted by Crippen LogP contribution is 2.26. The Morgan fingerprint density at radius 3 is 2.72 bits per heavy atom. The molecule has 0 aliphatic rings. The summed E-state index contributed by atoms with van der Waals surface area (Å²) in [6.45, 7) is 2.89. The molecule has 0 aromatic heterocycles. The van der Waals surface area contributed by atoms with Crippen molar-refractivity contribution >= 4 is 29.1 Å². The Morgan fingerprint density at radius 1 is 1.44 bits per heavy atom. The van der Waals surface area contributed by atoms with Crippen molar-refractivity contribution in [2.75, 3.05) is 30.5 Å². The Labute approximate surface area is 120 Å². The normalized spacial score (nSPS) is 12.5. The molecule has 0 spiro atoms. The third-order valence-corrected chi connectivity index (χ3v) is 4.17. The van der Waals surface area contributed by atoms with Crippen LogP contribution in [0.2, 0.25) is 5.02 Å². The lowest BCUT2D eigenvalue weighted by Gasteiger charge is -2.30. The Bertz CT molecular complexity index is 371. The molecule has 1 aromatic carbocycles. The van der Waals surface area contributed by atoms with Gasteiger partial charge in [0.1, 0.15) is 0 Å². The topological polar surface area (TPSA) is 29.3 Å². The highest BCUT2D eigenvalue weighted by molar-refractivity contribution is 7.98. The minimum absolute atomic E-state index is 0.553. The van der Waals surface area contributed by atoms with Crippen LogP contribution in [0.5, 0.6) is 0 Å². The fourth-order valence-electron chi connectivity index (χ4n) is 2.15. The minimum atomic E-state index is 0.553. The van der Waals surface area contributed by atoms with Crippen LogP contribution in [0, 0.1) is 0 Å². The van der Waals surface area contributed by atoms with Crippen LogP contribution >= 0.6 is 23.4 Å². The smallest absolute Gasteiger partial charge is 0.0410 e. The standard InChI is InChI=1S/C14H23ClN2S/c1-4-13(10-18-3)17(2)14-6-5-12(15)9-11(14)7-8-16/h5-6,9,13H,4,7-8,10,16H2,1-3H3. The quantitative estimate of drug-likeness (QED) is 0.833. The summed E-state index contributed by atoms with van der Waals surface area (Å²) in [6, 6.07) is 6.65. The predicted octanol–water partition coefficient (Wildman–Crippen LogP) is 3.42. The number of hydrogen-bond donors (Lipinski definition) is 1. The molecule has 102 valence electrons. The second-order valence-electron chi connectivity index (χ2n) is 4.44. The number of anilines is 1. The average Bonchev–Trinajstić information content (AvgIpc) is 2.36. The van der Waals surface area contributed by atoms with Crippen LogP contribution in [0.3, 0.4) is 0 Å². The van der Waals surface area contributed by atoms with Gasteiger partial charge in [0.05, 0.1) is 0 Å². The van der Waals surface area contributed by atoms with Gasteiger partial charge in [-0.3, -0.25) is 0 Å². The van der Waals surface area contributed by atoms with E-state index in [4.69, 9.17) is 17.3 Å². The number of thioether (sulfide) groups is 1. The van der Waals surface area contributed by atoms with E-state index in [1.807, 2.05) is 23.9 Å². The summed E-state index contributed by atoms with van der Waals surface area (Å²) in [4.78, 5) is 2.36. The van der Waals surface area contributed by atoms with Gasteiger partial charge in [-0.25, -0.2) is 0 Å². The molecule has 0 bridgehead atoms. The summed E-state index contributed by atoms with van der Waals surface area (Å²) in [7, 11) is 2.16. The molecule has 2 nitrogen and oxygen atoms in total. The predicted molar refractivity (Wildman–Crippen MR) is 85.1 cm³/mol. The zero-order valence-electron chi connectivity index (χ0n) is 11.4. The van der Waals surface area contributed by atoms with E-state index >= 15 is 0 Å². The number of rotatable bonds is 7. The fraction of sp³-hybridized carbons (Fsp3) is 0.571. The number of nitrogens with zero attached hydrogens (tertiary/aromatic N) is 1. The molecule has 1 rings (SSSR count). The van der Waals surface area contributed by atoms with Crippen LogP contribution in [0.25, 0.3) is 0 Å². The monoisotopic (exact) mass is 286 g/mol. The lowest BCUT2D eigenvalue weighted by Crippen LogP contribution is -2.34. The molecule has 0 saturated carbocycles.